The topological polar surface area (TPSA) is 70.6 Å². The molecule has 0 aromatic carbocycles. The maximum Gasteiger partial charge on any atom is 0.221 e. The van der Waals surface area contributed by atoms with Gasteiger partial charge in [-0.25, -0.2) is 0 Å². The second kappa shape index (κ2) is 10.4. The van der Waals surface area contributed by atoms with Gasteiger partial charge in [0.15, 0.2) is 0 Å². The third-order valence-corrected chi connectivity index (χ3v) is 1.69. The highest BCUT2D eigenvalue weighted by atomic mass is 16.5. The van der Waals surface area contributed by atoms with Crippen molar-refractivity contribution in [1.82, 2.24) is 10.6 Å². The summed E-state index contributed by atoms with van der Waals surface area (Å²) in [5.41, 5.74) is 0. The summed E-state index contributed by atoms with van der Waals surface area (Å²) in [6.07, 6.45) is 1.40. The molecule has 0 aliphatic heterocycles. The minimum absolute atomic E-state index is 0.0500. The average molecular weight is 204 g/mol. The number of hydrogen-bond donors (Lipinski definition) is 3. The lowest BCUT2D eigenvalue weighted by atomic mass is 10.4. The molecule has 0 atom stereocenters. The van der Waals surface area contributed by atoms with Gasteiger partial charge in [0.2, 0.25) is 5.91 Å². The van der Waals surface area contributed by atoms with E-state index in [0.717, 1.165) is 13.0 Å². The number of hydrogen-bond acceptors (Lipinski definition) is 4. The molecule has 84 valence electrons. The zero-order chi connectivity index (χ0) is 10.6. The van der Waals surface area contributed by atoms with Crippen LogP contribution in [0.25, 0.3) is 0 Å². The Morgan fingerprint density at radius 3 is 2.79 bits per heavy atom. The van der Waals surface area contributed by atoms with Crippen molar-refractivity contribution in [3.63, 3.8) is 0 Å². The number of rotatable bonds is 9. The van der Waals surface area contributed by atoms with Gasteiger partial charge in [-0.1, -0.05) is 0 Å². The summed E-state index contributed by atoms with van der Waals surface area (Å²) in [6, 6.07) is 0. The van der Waals surface area contributed by atoms with E-state index in [4.69, 9.17) is 9.84 Å². The maximum absolute atomic E-state index is 10.8. The summed E-state index contributed by atoms with van der Waals surface area (Å²) in [5.74, 6) is 0.0500. The molecule has 1 amide bonds. The van der Waals surface area contributed by atoms with E-state index < -0.39 is 0 Å². The van der Waals surface area contributed by atoms with Crippen LogP contribution in [0.15, 0.2) is 0 Å². The van der Waals surface area contributed by atoms with E-state index >= 15 is 0 Å². The van der Waals surface area contributed by atoms with E-state index in [9.17, 15) is 4.79 Å². The van der Waals surface area contributed by atoms with Crippen molar-refractivity contribution in [1.29, 1.82) is 0 Å². The van der Waals surface area contributed by atoms with Crippen molar-refractivity contribution in [2.45, 2.75) is 12.8 Å². The van der Waals surface area contributed by atoms with Gasteiger partial charge in [-0.3, -0.25) is 4.79 Å². The zero-order valence-electron chi connectivity index (χ0n) is 8.71. The Hall–Kier alpha value is -0.650. The van der Waals surface area contributed by atoms with E-state index in [1.807, 2.05) is 0 Å². The number of carbonyl (C=O) groups excluding carboxylic acids is 1. The molecular weight excluding hydrogens is 184 g/mol. The summed E-state index contributed by atoms with van der Waals surface area (Å²) < 4.78 is 5.06. The van der Waals surface area contributed by atoms with E-state index in [-0.39, 0.29) is 12.5 Å². The maximum atomic E-state index is 10.8. The van der Waals surface area contributed by atoms with Crippen LogP contribution in [0.1, 0.15) is 12.8 Å². The highest BCUT2D eigenvalue weighted by Gasteiger charge is 1.95. The van der Waals surface area contributed by atoms with E-state index in [2.05, 4.69) is 10.6 Å². The normalized spacial score (nSPS) is 10.1. The fourth-order valence-electron chi connectivity index (χ4n) is 0.918. The summed E-state index contributed by atoms with van der Waals surface area (Å²) in [6.45, 7) is 2.65. The van der Waals surface area contributed by atoms with Crippen molar-refractivity contribution in [2.24, 2.45) is 0 Å². The molecule has 5 heteroatoms. The van der Waals surface area contributed by atoms with Crippen LogP contribution in [-0.4, -0.2) is 51.0 Å². The van der Waals surface area contributed by atoms with Crippen LogP contribution < -0.4 is 10.6 Å². The molecule has 0 aromatic rings. The summed E-state index contributed by atoms with van der Waals surface area (Å²) >= 11 is 0. The minimum atomic E-state index is 0.0500. The van der Waals surface area contributed by atoms with Crippen molar-refractivity contribution in [3.05, 3.63) is 0 Å². The predicted molar refractivity (Wildman–Crippen MR) is 54.1 cm³/mol. The van der Waals surface area contributed by atoms with Gasteiger partial charge in [-0.15, -0.1) is 0 Å². The Bertz CT molecular complexity index is 142. The van der Waals surface area contributed by atoms with Crippen molar-refractivity contribution < 1.29 is 14.6 Å². The number of amides is 1. The molecule has 3 N–H and O–H groups in total. The van der Waals surface area contributed by atoms with E-state index in [1.54, 1.807) is 7.05 Å². The monoisotopic (exact) mass is 204 g/mol. The third-order valence-electron chi connectivity index (χ3n) is 1.69. The van der Waals surface area contributed by atoms with Crippen LogP contribution in [0.4, 0.5) is 0 Å². The molecule has 0 saturated heterocycles. The Labute approximate surface area is 84.8 Å². The first-order valence-corrected chi connectivity index (χ1v) is 4.91. The van der Waals surface area contributed by atoms with Gasteiger partial charge in [0, 0.05) is 26.6 Å². The highest BCUT2D eigenvalue weighted by Crippen LogP contribution is 1.81. The molecule has 0 unspecified atom stereocenters. The Balaban J connectivity index is 2.95. The molecule has 0 fully saturated rings. The van der Waals surface area contributed by atoms with E-state index in [1.165, 1.54) is 0 Å². The second-order valence-corrected chi connectivity index (χ2v) is 2.86. The van der Waals surface area contributed by atoms with Gasteiger partial charge in [0.05, 0.1) is 13.2 Å². The molecule has 5 nitrogen and oxygen atoms in total. The molecule has 0 aliphatic rings. The highest BCUT2D eigenvalue weighted by molar-refractivity contribution is 5.75. The second-order valence-electron chi connectivity index (χ2n) is 2.86. The minimum Gasteiger partial charge on any atom is -0.394 e. The number of carbonyl (C=O) groups is 1. The van der Waals surface area contributed by atoms with Crippen molar-refractivity contribution >= 4 is 5.91 Å². The first kappa shape index (κ1) is 13.4. The summed E-state index contributed by atoms with van der Waals surface area (Å²) in [4.78, 5) is 10.8. The molecule has 0 spiro atoms. The average Bonchev–Trinajstić information content (AvgIpc) is 2.21. The molecule has 0 heterocycles. The fraction of sp³-hybridized carbons (Fsp3) is 0.889. The van der Waals surface area contributed by atoms with Crippen molar-refractivity contribution in [3.8, 4) is 0 Å². The molecule has 0 aliphatic carbocycles. The quantitative estimate of drug-likeness (QED) is 0.426. The number of aliphatic hydroxyl groups is 1. The largest absolute Gasteiger partial charge is 0.394 e. The van der Waals surface area contributed by atoms with Gasteiger partial charge in [-0.05, 0) is 13.0 Å². The van der Waals surface area contributed by atoms with Gasteiger partial charge in [0.1, 0.15) is 0 Å². The zero-order valence-corrected chi connectivity index (χ0v) is 8.71. The first-order chi connectivity index (χ1) is 6.81. The molecular formula is C9H20N2O3. The molecule has 0 aromatic heterocycles. The van der Waals surface area contributed by atoms with Gasteiger partial charge >= 0.3 is 0 Å². The fourth-order valence-corrected chi connectivity index (χ4v) is 0.918. The van der Waals surface area contributed by atoms with E-state index in [0.29, 0.717) is 26.2 Å². The van der Waals surface area contributed by atoms with Crippen LogP contribution in [0.5, 0.6) is 0 Å². The Kier molecular flexibility index (Phi) is 9.95. The number of ether oxygens (including phenoxy) is 1. The smallest absolute Gasteiger partial charge is 0.221 e. The lowest BCUT2D eigenvalue weighted by Crippen LogP contribution is -2.25. The first-order valence-electron chi connectivity index (χ1n) is 4.91. The molecule has 0 saturated carbocycles. The van der Waals surface area contributed by atoms with Crippen LogP contribution in [0.2, 0.25) is 0 Å². The third kappa shape index (κ3) is 9.44. The summed E-state index contributed by atoms with van der Waals surface area (Å²) in [5, 5.41) is 14.1. The molecule has 0 bridgehead atoms. The van der Waals surface area contributed by atoms with Crippen LogP contribution in [-0.2, 0) is 9.53 Å². The van der Waals surface area contributed by atoms with Crippen LogP contribution >= 0.6 is 0 Å². The SMILES string of the molecule is CNC(=O)CCNCCCOCCO. The van der Waals surface area contributed by atoms with Gasteiger partial charge < -0.3 is 20.5 Å². The Morgan fingerprint density at radius 2 is 2.14 bits per heavy atom. The lowest BCUT2D eigenvalue weighted by molar-refractivity contribution is -0.120. The standard InChI is InChI=1S/C9H20N2O3/c1-10-9(13)3-5-11-4-2-7-14-8-6-12/h11-12H,2-8H2,1H3,(H,10,13). The molecule has 0 radical (unpaired) electrons. The summed E-state index contributed by atoms with van der Waals surface area (Å²) in [7, 11) is 1.63. The van der Waals surface area contributed by atoms with Gasteiger partial charge in [-0.2, -0.15) is 0 Å². The molecule has 0 rings (SSSR count). The lowest BCUT2D eigenvalue weighted by Gasteiger charge is -2.04. The number of nitrogens with one attached hydrogen (secondary N) is 2. The van der Waals surface area contributed by atoms with Crippen molar-refractivity contribution in [2.75, 3.05) is 40.0 Å². The van der Waals surface area contributed by atoms with Crippen LogP contribution in [0.3, 0.4) is 0 Å². The Morgan fingerprint density at radius 1 is 1.36 bits per heavy atom. The van der Waals surface area contributed by atoms with Gasteiger partial charge in [0.25, 0.3) is 0 Å². The molecule has 14 heavy (non-hydrogen) atoms. The predicted octanol–water partition coefficient (Wildman–Crippen LogP) is -0.889. The number of aliphatic hydroxyl groups excluding tert-OH is 1. The van der Waals surface area contributed by atoms with Crippen LogP contribution in [0, 0.1) is 0 Å².